The molecule has 0 aliphatic carbocycles. The molecule has 3 atom stereocenters. The van der Waals surface area contributed by atoms with Gasteiger partial charge in [0.25, 0.3) is 5.91 Å². The average molecular weight is 503 g/mol. The second-order valence-corrected chi connectivity index (χ2v) is 8.87. The van der Waals surface area contributed by atoms with Crippen molar-refractivity contribution < 1.29 is 28.6 Å². The van der Waals surface area contributed by atoms with Crippen molar-refractivity contribution in [3.8, 4) is 17.2 Å². The van der Waals surface area contributed by atoms with Crippen LogP contribution in [0.1, 0.15) is 31.0 Å². The smallest absolute Gasteiger partial charge is 0.266 e. The van der Waals surface area contributed by atoms with Crippen LogP contribution in [0.2, 0.25) is 0 Å². The van der Waals surface area contributed by atoms with Crippen molar-refractivity contribution >= 4 is 17.5 Å². The van der Waals surface area contributed by atoms with E-state index in [1.807, 2.05) is 68.4 Å². The first kappa shape index (κ1) is 24.8. The van der Waals surface area contributed by atoms with Gasteiger partial charge in [0.2, 0.25) is 5.91 Å². The summed E-state index contributed by atoms with van der Waals surface area (Å²) in [7, 11) is 1.74. The lowest BCUT2D eigenvalue weighted by Gasteiger charge is -2.25. The SMILES string of the molecule is CCOc1cc([C@@H]2[C@H]3C(=O)N(c4ccccc4OCC)C(=O)[C@@H]3ON2C)ccc1OCc1ccccc1. The predicted octanol–water partition coefficient (Wildman–Crippen LogP) is 4.54. The maximum Gasteiger partial charge on any atom is 0.266 e. The van der Waals surface area contributed by atoms with E-state index in [-0.39, 0.29) is 5.91 Å². The molecule has 2 saturated heterocycles. The third kappa shape index (κ3) is 4.65. The molecule has 0 aromatic heterocycles. The Morgan fingerprint density at radius 3 is 2.24 bits per heavy atom. The first-order valence-corrected chi connectivity index (χ1v) is 12.5. The largest absolute Gasteiger partial charge is 0.492 e. The molecule has 8 nitrogen and oxygen atoms in total. The normalized spacial score (nSPS) is 21.3. The molecule has 5 rings (SSSR count). The van der Waals surface area contributed by atoms with Crippen LogP contribution in [0.15, 0.2) is 72.8 Å². The zero-order valence-corrected chi connectivity index (χ0v) is 21.1. The molecule has 8 heteroatoms. The Bertz CT molecular complexity index is 1280. The number of anilines is 1. The first-order valence-electron chi connectivity index (χ1n) is 12.5. The van der Waals surface area contributed by atoms with Crippen LogP contribution in [0.25, 0.3) is 0 Å². The minimum atomic E-state index is -0.915. The zero-order valence-electron chi connectivity index (χ0n) is 21.1. The summed E-state index contributed by atoms with van der Waals surface area (Å²) >= 11 is 0. The highest BCUT2D eigenvalue weighted by Crippen LogP contribution is 2.47. The van der Waals surface area contributed by atoms with Gasteiger partial charge in [-0.3, -0.25) is 14.4 Å². The highest BCUT2D eigenvalue weighted by molar-refractivity contribution is 6.24. The molecule has 3 aromatic rings. The maximum absolute atomic E-state index is 13.7. The van der Waals surface area contributed by atoms with Gasteiger partial charge in [0, 0.05) is 7.05 Å². The summed E-state index contributed by atoms with van der Waals surface area (Å²) < 4.78 is 17.6. The number of benzene rings is 3. The van der Waals surface area contributed by atoms with Gasteiger partial charge in [-0.2, -0.15) is 5.06 Å². The van der Waals surface area contributed by atoms with Crippen molar-refractivity contribution in [3.63, 3.8) is 0 Å². The number of hydrogen-bond donors (Lipinski definition) is 0. The molecule has 37 heavy (non-hydrogen) atoms. The summed E-state index contributed by atoms with van der Waals surface area (Å²) in [5.74, 6) is 0.229. The van der Waals surface area contributed by atoms with Gasteiger partial charge in [0.05, 0.1) is 30.9 Å². The van der Waals surface area contributed by atoms with Crippen molar-refractivity contribution in [2.45, 2.75) is 32.6 Å². The van der Waals surface area contributed by atoms with Crippen LogP contribution in [0.4, 0.5) is 5.69 Å². The van der Waals surface area contributed by atoms with Gasteiger partial charge >= 0.3 is 0 Å². The Labute approximate surface area is 216 Å². The minimum Gasteiger partial charge on any atom is -0.492 e. The molecular formula is C29H30N2O6. The van der Waals surface area contributed by atoms with Gasteiger partial charge in [-0.25, -0.2) is 4.90 Å². The fourth-order valence-electron chi connectivity index (χ4n) is 4.96. The van der Waals surface area contributed by atoms with Crippen LogP contribution in [0, 0.1) is 5.92 Å². The van der Waals surface area contributed by atoms with Crippen molar-refractivity contribution in [2.24, 2.45) is 5.92 Å². The second-order valence-electron chi connectivity index (χ2n) is 8.87. The number of hydrogen-bond acceptors (Lipinski definition) is 7. The van der Waals surface area contributed by atoms with Gasteiger partial charge in [-0.15, -0.1) is 0 Å². The Morgan fingerprint density at radius 2 is 1.49 bits per heavy atom. The Kier molecular flexibility index (Phi) is 7.12. The van der Waals surface area contributed by atoms with Crippen LogP contribution < -0.4 is 19.1 Å². The molecule has 0 bridgehead atoms. The van der Waals surface area contributed by atoms with E-state index >= 15 is 0 Å². The molecule has 2 fully saturated rings. The first-order chi connectivity index (χ1) is 18.0. The van der Waals surface area contributed by atoms with E-state index in [0.29, 0.717) is 42.8 Å². The van der Waals surface area contributed by atoms with Crippen LogP contribution >= 0.6 is 0 Å². The third-order valence-corrected chi connectivity index (χ3v) is 6.56. The topological polar surface area (TPSA) is 77.5 Å². The lowest BCUT2D eigenvalue weighted by molar-refractivity contribution is -0.160. The van der Waals surface area contributed by atoms with E-state index in [0.717, 1.165) is 11.1 Å². The molecule has 192 valence electrons. The number of ether oxygens (including phenoxy) is 3. The number of imide groups is 1. The van der Waals surface area contributed by atoms with Gasteiger partial charge in [0.1, 0.15) is 12.4 Å². The maximum atomic E-state index is 13.7. The van der Waals surface area contributed by atoms with Crippen LogP contribution in [-0.2, 0) is 21.0 Å². The second kappa shape index (κ2) is 10.6. The molecule has 2 aliphatic heterocycles. The van der Waals surface area contributed by atoms with Gasteiger partial charge < -0.3 is 14.2 Å². The van der Waals surface area contributed by atoms with Gasteiger partial charge in [0.15, 0.2) is 17.6 Å². The highest BCUT2D eigenvalue weighted by Gasteiger charge is 2.59. The summed E-state index contributed by atoms with van der Waals surface area (Å²) in [4.78, 5) is 34.2. The van der Waals surface area contributed by atoms with E-state index in [1.165, 1.54) is 4.90 Å². The molecule has 0 unspecified atom stereocenters. The van der Waals surface area contributed by atoms with Gasteiger partial charge in [-0.05, 0) is 49.2 Å². The number of fused-ring (bicyclic) bond motifs is 1. The molecule has 0 spiro atoms. The lowest BCUT2D eigenvalue weighted by Crippen LogP contribution is -2.36. The van der Waals surface area contributed by atoms with E-state index in [9.17, 15) is 9.59 Å². The summed E-state index contributed by atoms with van der Waals surface area (Å²) in [5.41, 5.74) is 2.27. The standard InChI is InChI=1S/C29H30N2O6/c1-4-34-22-14-10-9-13-21(22)31-28(32)25-26(30(3)37-27(25)29(31)33)20-15-16-23(24(17-20)35-5-2)36-18-19-11-7-6-8-12-19/h6-17,25-27H,4-5,18H2,1-3H3/t25-,26-,27-/m1/s1. The summed E-state index contributed by atoms with van der Waals surface area (Å²) in [5, 5.41) is 1.59. The Morgan fingerprint density at radius 1 is 0.784 bits per heavy atom. The number of hydroxylamine groups is 2. The Hall–Kier alpha value is -3.88. The molecule has 2 amide bonds. The van der Waals surface area contributed by atoms with Gasteiger partial charge in [-0.1, -0.05) is 48.5 Å². The minimum absolute atomic E-state index is 0.320. The van der Waals surface area contributed by atoms with Crippen LogP contribution in [0.3, 0.4) is 0 Å². The Balaban J connectivity index is 1.43. The molecule has 0 N–H and O–H groups in total. The number of carbonyl (C=O) groups excluding carboxylic acids is 2. The third-order valence-electron chi connectivity index (χ3n) is 6.56. The number of amides is 2. The molecule has 2 heterocycles. The summed E-state index contributed by atoms with van der Waals surface area (Å²) in [6.07, 6.45) is -0.915. The van der Waals surface area contributed by atoms with E-state index in [4.69, 9.17) is 19.0 Å². The highest BCUT2D eigenvalue weighted by atomic mass is 16.7. The number of carbonyl (C=O) groups is 2. The fraction of sp³-hybridized carbons (Fsp3) is 0.310. The number of para-hydroxylation sites is 2. The lowest BCUT2D eigenvalue weighted by atomic mass is 9.91. The molecule has 0 radical (unpaired) electrons. The molecular weight excluding hydrogens is 472 g/mol. The number of nitrogens with zero attached hydrogens (tertiary/aromatic N) is 2. The van der Waals surface area contributed by atoms with Crippen LogP contribution in [-0.4, -0.2) is 43.2 Å². The fourth-order valence-corrected chi connectivity index (χ4v) is 4.96. The zero-order chi connectivity index (χ0) is 25.9. The molecule has 0 saturated carbocycles. The van der Waals surface area contributed by atoms with E-state index in [1.54, 1.807) is 30.3 Å². The summed E-state index contributed by atoms with van der Waals surface area (Å²) in [6.45, 7) is 5.03. The monoisotopic (exact) mass is 502 g/mol. The number of rotatable bonds is 9. The van der Waals surface area contributed by atoms with Crippen molar-refractivity contribution in [2.75, 3.05) is 25.2 Å². The average Bonchev–Trinajstić information content (AvgIpc) is 3.37. The van der Waals surface area contributed by atoms with Crippen LogP contribution in [0.5, 0.6) is 17.2 Å². The van der Waals surface area contributed by atoms with Crippen molar-refractivity contribution in [1.82, 2.24) is 5.06 Å². The van der Waals surface area contributed by atoms with Crippen molar-refractivity contribution in [1.29, 1.82) is 0 Å². The van der Waals surface area contributed by atoms with Crippen molar-refractivity contribution in [3.05, 3.63) is 83.9 Å². The quantitative estimate of drug-likeness (QED) is 0.398. The molecule has 2 aliphatic rings. The molecule has 3 aromatic carbocycles. The summed E-state index contributed by atoms with van der Waals surface area (Å²) in [6, 6.07) is 22.1. The van der Waals surface area contributed by atoms with E-state index in [2.05, 4.69) is 0 Å². The predicted molar refractivity (Wildman–Crippen MR) is 137 cm³/mol. The van der Waals surface area contributed by atoms with E-state index < -0.39 is 24.0 Å².